The largest absolute Gasteiger partial charge is 0.356 e. The fraction of sp³-hybridized carbons (Fsp3) is 0.235. The number of hydrogen-bond acceptors (Lipinski definition) is 1. The first kappa shape index (κ1) is 20.3. The third-order valence-electron chi connectivity index (χ3n) is 3.27. The van der Waals surface area contributed by atoms with E-state index >= 15 is 0 Å². The fourth-order valence-corrected chi connectivity index (χ4v) is 2.10. The van der Waals surface area contributed by atoms with Crippen molar-refractivity contribution in [2.75, 3.05) is 13.6 Å². The first-order chi connectivity index (χ1) is 11.1. The minimum Gasteiger partial charge on any atom is -0.356 e. The normalized spacial score (nSPS) is 10.9. The van der Waals surface area contributed by atoms with Gasteiger partial charge >= 0.3 is 0 Å². The van der Waals surface area contributed by atoms with E-state index in [4.69, 9.17) is 0 Å². The molecule has 0 heterocycles. The van der Waals surface area contributed by atoms with E-state index in [9.17, 15) is 13.2 Å². The maximum Gasteiger partial charge on any atom is 0.191 e. The van der Waals surface area contributed by atoms with Crippen molar-refractivity contribution >= 4 is 29.9 Å². The van der Waals surface area contributed by atoms with Crippen molar-refractivity contribution in [3.8, 4) is 0 Å². The third kappa shape index (κ3) is 6.38. The third-order valence-corrected chi connectivity index (χ3v) is 3.27. The molecule has 7 heteroatoms. The van der Waals surface area contributed by atoms with Crippen molar-refractivity contribution in [1.82, 2.24) is 10.6 Å². The zero-order valence-corrected chi connectivity index (χ0v) is 15.5. The van der Waals surface area contributed by atoms with Crippen LogP contribution in [0.15, 0.2) is 47.5 Å². The number of hydrogen-bond donors (Lipinski definition) is 2. The Morgan fingerprint density at radius 1 is 1.00 bits per heavy atom. The second-order valence-corrected chi connectivity index (χ2v) is 4.97. The van der Waals surface area contributed by atoms with Gasteiger partial charge in [0.2, 0.25) is 0 Å². The molecule has 0 radical (unpaired) electrons. The lowest BCUT2D eigenvalue weighted by Gasteiger charge is -2.12. The van der Waals surface area contributed by atoms with Gasteiger partial charge in [0.05, 0.1) is 0 Å². The molecule has 0 atom stereocenters. The highest BCUT2D eigenvalue weighted by atomic mass is 127. The fourth-order valence-electron chi connectivity index (χ4n) is 2.10. The maximum absolute atomic E-state index is 13.5. The van der Waals surface area contributed by atoms with E-state index in [0.29, 0.717) is 18.9 Å². The van der Waals surface area contributed by atoms with Crippen molar-refractivity contribution in [3.63, 3.8) is 0 Å². The average molecular weight is 449 g/mol. The highest BCUT2D eigenvalue weighted by molar-refractivity contribution is 14.0. The zero-order chi connectivity index (χ0) is 16.7. The molecule has 0 amide bonds. The maximum atomic E-state index is 13.5. The van der Waals surface area contributed by atoms with Crippen molar-refractivity contribution < 1.29 is 13.2 Å². The van der Waals surface area contributed by atoms with E-state index < -0.39 is 11.6 Å². The predicted octanol–water partition coefficient (Wildman–Crippen LogP) is 3.63. The Bertz CT molecular complexity index is 693. The van der Waals surface area contributed by atoms with Crippen LogP contribution in [-0.4, -0.2) is 19.6 Å². The number of guanidine groups is 1. The van der Waals surface area contributed by atoms with Crippen LogP contribution < -0.4 is 10.6 Å². The van der Waals surface area contributed by atoms with Crippen molar-refractivity contribution in [2.24, 2.45) is 4.99 Å². The number of nitrogens with zero attached hydrogens (tertiary/aromatic N) is 1. The molecule has 0 spiro atoms. The van der Waals surface area contributed by atoms with Gasteiger partial charge in [-0.2, -0.15) is 0 Å². The van der Waals surface area contributed by atoms with Crippen LogP contribution in [0, 0.1) is 17.5 Å². The van der Waals surface area contributed by atoms with E-state index in [1.165, 1.54) is 12.1 Å². The van der Waals surface area contributed by atoms with Crippen LogP contribution in [0.3, 0.4) is 0 Å². The summed E-state index contributed by atoms with van der Waals surface area (Å²) in [6.07, 6.45) is 0.618. The Morgan fingerprint density at radius 3 is 2.46 bits per heavy atom. The predicted molar refractivity (Wildman–Crippen MR) is 100 cm³/mol. The molecule has 0 aliphatic carbocycles. The average Bonchev–Trinajstić information content (AvgIpc) is 2.53. The van der Waals surface area contributed by atoms with Crippen molar-refractivity contribution in [3.05, 3.63) is 71.0 Å². The molecular weight excluding hydrogens is 430 g/mol. The van der Waals surface area contributed by atoms with Gasteiger partial charge in [0.1, 0.15) is 17.5 Å². The highest BCUT2D eigenvalue weighted by Crippen LogP contribution is 2.09. The van der Waals surface area contributed by atoms with Gasteiger partial charge in [-0.05, 0) is 42.3 Å². The number of aliphatic imine (C=N–C) groups is 1. The first-order valence-electron chi connectivity index (χ1n) is 7.21. The first-order valence-corrected chi connectivity index (χ1v) is 7.21. The van der Waals surface area contributed by atoms with Crippen molar-refractivity contribution in [2.45, 2.75) is 13.0 Å². The molecule has 0 unspecified atom stereocenters. The number of rotatable bonds is 5. The Labute approximate surface area is 156 Å². The van der Waals surface area contributed by atoms with Crippen LogP contribution >= 0.6 is 24.0 Å². The van der Waals surface area contributed by atoms with E-state index in [-0.39, 0.29) is 41.9 Å². The van der Waals surface area contributed by atoms with Crippen LogP contribution in [0.4, 0.5) is 13.2 Å². The molecular formula is C17H19F3IN3. The summed E-state index contributed by atoms with van der Waals surface area (Å²) in [6.45, 7) is 0.651. The van der Waals surface area contributed by atoms with Gasteiger partial charge in [-0.15, -0.1) is 24.0 Å². The molecule has 0 aliphatic rings. The molecule has 3 nitrogen and oxygen atoms in total. The summed E-state index contributed by atoms with van der Waals surface area (Å²) in [5, 5.41) is 5.95. The molecule has 0 bridgehead atoms. The lowest BCUT2D eigenvalue weighted by atomic mass is 10.1. The lowest BCUT2D eigenvalue weighted by molar-refractivity contribution is 0.581. The smallest absolute Gasteiger partial charge is 0.191 e. The van der Waals surface area contributed by atoms with E-state index in [2.05, 4.69) is 15.6 Å². The van der Waals surface area contributed by atoms with Crippen molar-refractivity contribution in [1.29, 1.82) is 0 Å². The van der Waals surface area contributed by atoms with Gasteiger partial charge in [-0.1, -0.05) is 12.1 Å². The zero-order valence-electron chi connectivity index (χ0n) is 13.2. The molecule has 2 aromatic carbocycles. The van der Waals surface area contributed by atoms with Gasteiger partial charge in [-0.25, -0.2) is 13.2 Å². The molecule has 0 saturated carbocycles. The van der Waals surface area contributed by atoms with Crippen LogP contribution in [0.5, 0.6) is 0 Å². The van der Waals surface area contributed by atoms with E-state index in [0.717, 1.165) is 23.8 Å². The number of benzene rings is 2. The highest BCUT2D eigenvalue weighted by Gasteiger charge is 2.05. The van der Waals surface area contributed by atoms with Crippen LogP contribution in [0.1, 0.15) is 11.1 Å². The Balaban J connectivity index is 0.00000288. The molecule has 2 rings (SSSR count). The molecule has 130 valence electrons. The van der Waals surface area contributed by atoms with Crippen LogP contribution in [-0.2, 0) is 13.0 Å². The summed E-state index contributed by atoms with van der Waals surface area (Å²) < 4.78 is 39.7. The second kappa shape index (κ2) is 10.2. The molecule has 0 saturated heterocycles. The van der Waals surface area contributed by atoms with Gasteiger partial charge in [0.25, 0.3) is 0 Å². The van der Waals surface area contributed by atoms with E-state index in [1.807, 2.05) is 6.07 Å². The Hall–Kier alpha value is -1.77. The topological polar surface area (TPSA) is 36.4 Å². The molecule has 0 aromatic heterocycles. The summed E-state index contributed by atoms with van der Waals surface area (Å²) in [6, 6.07) is 9.66. The standard InChI is InChI=1S/C17H18F3N3.HI/c1-21-17(22-8-7-12-3-2-4-14(18)9-12)23-11-13-10-15(19)5-6-16(13)20;/h2-6,9-10H,7-8,11H2,1H3,(H2,21,22,23);1H. The molecule has 0 aliphatic heterocycles. The monoisotopic (exact) mass is 449 g/mol. The second-order valence-electron chi connectivity index (χ2n) is 4.97. The summed E-state index contributed by atoms with van der Waals surface area (Å²) in [4.78, 5) is 4.01. The summed E-state index contributed by atoms with van der Waals surface area (Å²) in [7, 11) is 1.58. The molecule has 2 N–H and O–H groups in total. The Kier molecular flexibility index (Phi) is 8.59. The van der Waals surface area contributed by atoms with Gasteiger partial charge in [0, 0.05) is 25.7 Å². The summed E-state index contributed by atoms with van der Waals surface area (Å²) >= 11 is 0. The molecule has 0 fully saturated rings. The minimum absolute atomic E-state index is 0. The van der Waals surface area contributed by atoms with E-state index in [1.54, 1.807) is 13.1 Å². The SMILES string of the molecule is CN=C(NCCc1cccc(F)c1)NCc1cc(F)ccc1F.I. The van der Waals surface area contributed by atoms with Crippen LogP contribution in [0.2, 0.25) is 0 Å². The van der Waals surface area contributed by atoms with Gasteiger partial charge in [0.15, 0.2) is 5.96 Å². The molecule has 2 aromatic rings. The number of halogens is 4. The lowest BCUT2D eigenvalue weighted by Crippen LogP contribution is -2.38. The van der Waals surface area contributed by atoms with Gasteiger partial charge in [-0.3, -0.25) is 4.99 Å². The summed E-state index contributed by atoms with van der Waals surface area (Å²) in [5.41, 5.74) is 1.09. The summed E-state index contributed by atoms with van der Waals surface area (Å²) in [5.74, 6) is -0.775. The minimum atomic E-state index is -0.489. The quantitative estimate of drug-likeness (QED) is 0.416. The van der Waals surface area contributed by atoms with Gasteiger partial charge < -0.3 is 10.6 Å². The van der Waals surface area contributed by atoms with Crippen LogP contribution in [0.25, 0.3) is 0 Å². The number of nitrogens with one attached hydrogen (secondary N) is 2. The molecule has 24 heavy (non-hydrogen) atoms. The Morgan fingerprint density at radius 2 is 1.75 bits per heavy atom.